The standard InChI is InChI=1S/C27H28N6O3/c1-3-24(34)32-12-6-8-20(14-32)33-15-21(25-26(28)30-17-31-27(25)33)18-9-10-22(23(13-18)35-2)36-16-19-7-4-5-11-29-19/h3-5,7,9-11,13,15,17,20H,1,6,8,12,14,16H2,2H3,(H2,28,30,31). The number of pyridine rings is 1. The van der Waals surface area contributed by atoms with Crippen molar-refractivity contribution >= 4 is 22.8 Å². The first-order valence-corrected chi connectivity index (χ1v) is 11.8. The molecule has 4 heterocycles. The van der Waals surface area contributed by atoms with Gasteiger partial charge in [-0.05, 0) is 48.7 Å². The van der Waals surface area contributed by atoms with E-state index in [1.54, 1.807) is 13.3 Å². The number of aromatic nitrogens is 4. The third-order valence-corrected chi connectivity index (χ3v) is 6.49. The van der Waals surface area contributed by atoms with E-state index in [1.807, 2.05) is 47.5 Å². The molecule has 1 aliphatic rings. The molecule has 5 rings (SSSR count). The van der Waals surface area contributed by atoms with Gasteiger partial charge in [0.2, 0.25) is 5.91 Å². The second kappa shape index (κ2) is 10.1. The number of carbonyl (C=O) groups excluding carboxylic acids is 1. The average molecular weight is 485 g/mol. The number of nitrogens with two attached hydrogens (primary N) is 1. The number of nitrogen functional groups attached to an aromatic ring is 1. The largest absolute Gasteiger partial charge is 0.493 e. The third kappa shape index (κ3) is 4.47. The van der Waals surface area contributed by atoms with E-state index in [-0.39, 0.29) is 11.9 Å². The lowest BCUT2D eigenvalue weighted by molar-refractivity contribution is -0.127. The summed E-state index contributed by atoms with van der Waals surface area (Å²) in [4.78, 5) is 27.2. The van der Waals surface area contributed by atoms with Crippen molar-refractivity contribution in [3.8, 4) is 22.6 Å². The predicted molar refractivity (Wildman–Crippen MR) is 138 cm³/mol. The maximum absolute atomic E-state index is 12.3. The highest BCUT2D eigenvalue weighted by molar-refractivity contribution is 6.01. The number of hydrogen-bond acceptors (Lipinski definition) is 7. The summed E-state index contributed by atoms with van der Waals surface area (Å²) in [5, 5.41) is 0.772. The SMILES string of the molecule is C=CC(=O)N1CCCC(n2cc(-c3ccc(OCc4ccccn4)c(OC)c3)c3c(N)ncnc32)C1. The van der Waals surface area contributed by atoms with Gasteiger partial charge in [0.05, 0.1) is 24.2 Å². The second-order valence-electron chi connectivity index (χ2n) is 8.67. The van der Waals surface area contributed by atoms with Crippen molar-refractivity contribution in [2.24, 2.45) is 0 Å². The molecule has 184 valence electrons. The molecule has 1 fully saturated rings. The molecule has 0 aliphatic carbocycles. The van der Waals surface area contributed by atoms with Gasteiger partial charge in [0.1, 0.15) is 24.4 Å². The second-order valence-corrected chi connectivity index (χ2v) is 8.67. The number of anilines is 1. The highest BCUT2D eigenvalue weighted by Gasteiger charge is 2.27. The Balaban J connectivity index is 1.50. The molecule has 1 aromatic carbocycles. The van der Waals surface area contributed by atoms with Crippen LogP contribution in [-0.2, 0) is 11.4 Å². The first kappa shape index (κ1) is 23.3. The molecule has 1 saturated heterocycles. The van der Waals surface area contributed by atoms with Crippen LogP contribution in [0.15, 0.2) is 67.8 Å². The molecule has 3 aromatic heterocycles. The van der Waals surface area contributed by atoms with Gasteiger partial charge in [-0.3, -0.25) is 9.78 Å². The van der Waals surface area contributed by atoms with Crippen LogP contribution >= 0.6 is 0 Å². The van der Waals surface area contributed by atoms with E-state index in [1.165, 1.54) is 12.4 Å². The monoisotopic (exact) mass is 484 g/mol. The normalized spacial score (nSPS) is 15.6. The minimum atomic E-state index is -0.0587. The van der Waals surface area contributed by atoms with Gasteiger partial charge in [0.25, 0.3) is 0 Å². The number of likely N-dealkylation sites (tertiary alicyclic amines) is 1. The van der Waals surface area contributed by atoms with Crippen molar-refractivity contribution in [3.05, 3.63) is 73.5 Å². The lowest BCUT2D eigenvalue weighted by atomic mass is 10.0. The van der Waals surface area contributed by atoms with Crippen molar-refractivity contribution in [3.63, 3.8) is 0 Å². The van der Waals surface area contributed by atoms with Gasteiger partial charge in [0, 0.05) is 31.0 Å². The molecule has 2 N–H and O–H groups in total. The van der Waals surface area contributed by atoms with Crippen LogP contribution in [0.1, 0.15) is 24.6 Å². The molecule has 36 heavy (non-hydrogen) atoms. The summed E-state index contributed by atoms with van der Waals surface area (Å²) in [6.45, 7) is 5.27. The topological polar surface area (TPSA) is 108 Å². The zero-order valence-electron chi connectivity index (χ0n) is 20.1. The van der Waals surface area contributed by atoms with Gasteiger partial charge in [-0.25, -0.2) is 9.97 Å². The van der Waals surface area contributed by atoms with Gasteiger partial charge in [0.15, 0.2) is 11.5 Å². The number of amides is 1. The maximum atomic E-state index is 12.3. The minimum Gasteiger partial charge on any atom is -0.493 e. The Labute approximate surface area is 209 Å². The highest BCUT2D eigenvalue weighted by atomic mass is 16.5. The Hall–Kier alpha value is -4.40. The van der Waals surface area contributed by atoms with Crippen LogP contribution in [0.2, 0.25) is 0 Å². The Morgan fingerprint density at radius 3 is 2.89 bits per heavy atom. The minimum absolute atomic E-state index is 0.0587. The molecule has 1 amide bonds. The van der Waals surface area contributed by atoms with E-state index in [0.29, 0.717) is 30.5 Å². The molecule has 1 atom stereocenters. The van der Waals surface area contributed by atoms with Crippen molar-refractivity contribution in [2.45, 2.75) is 25.5 Å². The number of hydrogen-bond donors (Lipinski definition) is 1. The van der Waals surface area contributed by atoms with Gasteiger partial charge in [-0.2, -0.15) is 0 Å². The van der Waals surface area contributed by atoms with E-state index in [0.717, 1.165) is 47.2 Å². The number of ether oxygens (including phenoxy) is 2. The third-order valence-electron chi connectivity index (χ3n) is 6.49. The Bertz CT molecular complexity index is 1400. The summed E-state index contributed by atoms with van der Waals surface area (Å²) in [5.41, 5.74) is 9.70. The fourth-order valence-corrected chi connectivity index (χ4v) is 4.71. The van der Waals surface area contributed by atoms with Crippen molar-refractivity contribution in [1.82, 2.24) is 24.4 Å². The molecule has 0 radical (unpaired) electrons. The van der Waals surface area contributed by atoms with Crippen LogP contribution < -0.4 is 15.2 Å². The summed E-state index contributed by atoms with van der Waals surface area (Å²) in [6.07, 6.45) is 8.45. The summed E-state index contributed by atoms with van der Waals surface area (Å²) >= 11 is 0. The lowest BCUT2D eigenvalue weighted by Gasteiger charge is -2.33. The van der Waals surface area contributed by atoms with E-state index >= 15 is 0 Å². The fraction of sp³-hybridized carbons (Fsp3) is 0.259. The van der Waals surface area contributed by atoms with E-state index < -0.39 is 0 Å². The molecule has 0 spiro atoms. The quantitative estimate of drug-likeness (QED) is 0.395. The maximum Gasteiger partial charge on any atom is 0.246 e. The summed E-state index contributed by atoms with van der Waals surface area (Å²) < 4.78 is 13.7. The van der Waals surface area contributed by atoms with E-state index in [4.69, 9.17) is 15.2 Å². The number of rotatable bonds is 7. The smallest absolute Gasteiger partial charge is 0.246 e. The molecule has 9 heteroatoms. The van der Waals surface area contributed by atoms with Crippen LogP contribution in [0, 0.1) is 0 Å². The molecule has 9 nitrogen and oxygen atoms in total. The van der Waals surface area contributed by atoms with Gasteiger partial charge >= 0.3 is 0 Å². The summed E-state index contributed by atoms with van der Waals surface area (Å²) in [7, 11) is 1.61. The zero-order chi connectivity index (χ0) is 25.1. The molecule has 4 aromatic rings. The van der Waals surface area contributed by atoms with Gasteiger partial charge in [-0.15, -0.1) is 0 Å². The van der Waals surface area contributed by atoms with Crippen molar-refractivity contribution < 1.29 is 14.3 Å². The summed E-state index contributed by atoms with van der Waals surface area (Å²) in [5.74, 6) is 1.56. The van der Waals surface area contributed by atoms with Crippen molar-refractivity contribution in [2.75, 3.05) is 25.9 Å². The summed E-state index contributed by atoms with van der Waals surface area (Å²) in [6, 6.07) is 11.5. The predicted octanol–water partition coefficient (Wildman–Crippen LogP) is 4.01. The number of piperidine rings is 1. The van der Waals surface area contributed by atoms with Crippen LogP contribution in [0.3, 0.4) is 0 Å². The zero-order valence-corrected chi connectivity index (χ0v) is 20.1. The number of methoxy groups -OCH3 is 1. The van der Waals surface area contributed by atoms with Crippen LogP contribution in [0.4, 0.5) is 5.82 Å². The molecular weight excluding hydrogens is 456 g/mol. The van der Waals surface area contributed by atoms with Gasteiger partial charge < -0.3 is 24.7 Å². The molecule has 1 aliphatic heterocycles. The molecule has 0 bridgehead atoms. The number of fused-ring (bicyclic) bond motifs is 1. The fourth-order valence-electron chi connectivity index (χ4n) is 4.71. The van der Waals surface area contributed by atoms with Crippen molar-refractivity contribution in [1.29, 1.82) is 0 Å². The number of carbonyl (C=O) groups is 1. The first-order chi connectivity index (χ1) is 17.6. The Morgan fingerprint density at radius 1 is 1.22 bits per heavy atom. The first-order valence-electron chi connectivity index (χ1n) is 11.8. The van der Waals surface area contributed by atoms with Gasteiger partial charge in [-0.1, -0.05) is 18.7 Å². The van der Waals surface area contributed by atoms with E-state index in [9.17, 15) is 4.79 Å². The number of benzene rings is 1. The van der Waals surface area contributed by atoms with E-state index in [2.05, 4.69) is 26.1 Å². The molecular formula is C27H28N6O3. The van der Waals surface area contributed by atoms with Crippen LogP contribution in [-0.4, -0.2) is 50.5 Å². The molecule has 0 saturated carbocycles. The molecule has 1 unspecified atom stereocenters. The van der Waals surface area contributed by atoms with Crippen LogP contribution in [0.5, 0.6) is 11.5 Å². The highest BCUT2D eigenvalue weighted by Crippen LogP contribution is 2.39. The Morgan fingerprint density at radius 2 is 2.11 bits per heavy atom. The Kier molecular flexibility index (Phi) is 6.53. The number of nitrogens with zero attached hydrogens (tertiary/aromatic N) is 5. The lowest BCUT2D eigenvalue weighted by Crippen LogP contribution is -2.39. The van der Waals surface area contributed by atoms with Crippen LogP contribution in [0.25, 0.3) is 22.2 Å². The average Bonchev–Trinajstić information content (AvgIpc) is 3.33.